The minimum atomic E-state index is -0.220. The average molecular weight is 276 g/mol. The molecule has 0 aliphatic heterocycles. The first-order valence-corrected chi connectivity index (χ1v) is 6.20. The van der Waals surface area contributed by atoms with Gasteiger partial charge in [-0.2, -0.15) is 0 Å². The Morgan fingerprint density at radius 2 is 1.95 bits per heavy atom. The third kappa shape index (κ3) is 3.06. The molecule has 0 atom stereocenters. The van der Waals surface area contributed by atoms with Crippen molar-refractivity contribution in [2.45, 2.75) is 6.92 Å². The van der Waals surface area contributed by atoms with E-state index in [0.29, 0.717) is 22.0 Å². The number of ether oxygens (including phenoxy) is 1. The van der Waals surface area contributed by atoms with Crippen LogP contribution in [0.2, 0.25) is 5.02 Å². The fourth-order valence-corrected chi connectivity index (χ4v) is 2.06. The number of aryl methyl sites for hydroxylation is 1. The van der Waals surface area contributed by atoms with Crippen molar-refractivity contribution >= 4 is 23.2 Å². The van der Waals surface area contributed by atoms with Gasteiger partial charge in [0.15, 0.2) is 0 Å². The van der Waals surface area contributed by atoms with Crippen LogP contribution in [0.1, 0.15) is 15.9 Å². The Morgan fingerprint density at radius 3 is 2.63 bits per heavy atom. The summed E-state index contributed by atoms with van der Waals surface area (Å²) in [6.07, 6.45) is 0. The Bertz CT molecular complexity index is 611. The Labute approximate surface area is 117 Å². The number of nitrogens with one attached hydrogen (secondary N) is 1. The fraction of sp³-hybridized carbons (Fsp3) is 0.133. The van der Waals surface area contributed by atoms with Crippen LogP contribution in [0, 0.1) is 6.92 Å². The second-order valence-corrected chi connectivity index (χ2v) is 4.56. The number of para-hydroxylation sites is 1. The molecule has 98 valence electrons. The summed E-state index contributed by atoms with van der Waals surface area (Å²) in [6, 6.07) is 12.5. The van der Waals surface area contributed by atoms with Crippen molar-refractivity contribution in [3.05, 3.63) is 58.6 Å². The summed E-state index contributed by atoms with van der Waals surface area (Å²) < 4.78 is 5.27. The van der Waals surface area contributed by atoms with Crippen LogP contribution in [-0.2, 0) is 0 Å². The SMILES string of the molecule is COc1c(C)cccc1C(=O)Nc1cccc(Cl)c1. The van der Waals surface area contributed by atoms with Crippen molar-refractivity contribution in [3.63, 3.8) is 0 Å². The van der Waals surface area contributed by atoms with Crippen molar-refractivity contribution in [1.29, 1.82) is 0 Å². The van der Waals surface area contributed by atoms with Gasteiger partial charge in [-0.3, -0.25) is 4.79 Å². The zero-order chi connectivity index (χ0) is 13.8. The zero-order valence-corrected chi connectivity index (χ0v) is 11.5. The molecule has 3 nitrogen and oxygen atoms in total. The van der Waals surface area contributed by atoms with Crippen molar-refractivity contribution in [2.24, 2.45) is 0 Å². The summed E-state index contributed by atoms with van der Waals surface area (Å²) in [4.78, 5) is 12.2. The molecule has 0 saturated carbocycles. The highest BCUT2D eigenvalue weighted by atomic mass is 35.5. The van der Waals surface area contributed by atoms with Gasteiger partial charge >= 0.3 is 0 Å². The quantitative estimate of drug-likeness (QED) is 0.922. The molecule has 19 heavy (non-hydrogen) atoms. The van der Waals surface area contributed by atoms with Gasteiger partial charge in [0, 0.05) is 10.7 Å². The summed E-state index contributed by atoms with van der Waals surface area (Å²) in [6.45, 7) is 1.90. The van der Waals surface area contributed by atoms with E-state index in [0.717, 1.165) is 5.56 Å². The summed E-state index contributed by atoms with van der Waals surface area (Å²) in [5, 5.41) is 3.38. The fourth-order valence-electron chi connectivity index (χ4n) is 1.87. The van der Waals surface area contributed by atoms with Gasteiger partial charge in [0.25, 0.3) is 5.91 Å². The molecule has 0 aromatic heterocycles. The second kappa shape index (κ2) is 5.76. The van der Waals surface area contributed by atoms with Crippen molar-refractivity contribution in [3.8, 4) is 5.75 Å². The average Bonchev–Trinajstić information content (AvgIpc) is 2.38. The van der Waals surface area contributed by atoms with Crippen LogP contribution in [0.3, 0.4) is 0 Å². The van der Waals surface area contributed by atoms with Gasteiger partial charge in [0.1, 0.15) is 5.75 Å². The lowest BCUT2D eigenvalue weighted by Gasteiger charge is -2.11. The third-order valence-electron chi connectivity index (χ3n) is 2.74. The first kappa shape index (κ1) is 13.4. The molecule has 0 aliphatic carbocycles. The molecule has 0 heterocycles. The number of carbonyl (C=O) groups excluding carboxylic acids is 1. The van der Waals surface area contributed by atoms with E-state index >= 15 is 0 Å². The zero-order valence-electron chi connectivity index (χ0n) is 10.7. The van der Waals surface area contributed by atoms with Crippen LogP contribution in [-0.4, -0.2) is 13.0 Å². The van der Waals surface area contributed by atoms with Gasteiger partial charge in [-0.1, -0.05) is 29.8 Å². The molecule has 0 bridgehead atoms. The predicted molar refractivity (Wildman–Crippen MR) is 77.1 cm³/mol. The molecular formula is C15H14ClNO2. The predicted octanol–water partition coefficient (Wildman–Crippen LogP) is 3.91. The molecule has 0 spiro atoms. The second-order valence-electron chi connectivity index (χ2n) is 4.12. The van der Waals surface area contributed by atoms with Gasteiger partial charge in [-0.05, 0) is 36.8 Å². The lowest BCUT2D eigenvalue weighted by Crippen LogP contribution is -2.13. The Kier molecular flexibility index (Phi) is 4.07. The normalized spacial score (nSPS) is 10.1. The number of anilines is 1. The van der Waals surface area contributed by atoms with Crippen molar-refractivity contribution < 1.29 is 9.53 Å². The largest absolute Gasteiger partial charge is 0.496 e. The molecule has 0 radical (unpaired) electrons. The third-order valence-corrected chi connectivity index (χ3v) is 2.98. The molecule has 0 aliphatic rings. The van der Waals surface area contributed by atoms with E-state index in [9.17, 15) is 4.79 Å². The number of hydrogen-bond acceptors (Lipinski definition) is 2. The molecule has 2 aromatic rings. The van der Waals surface area contributed by atoms with E-state index in [2.05, 4.69) is 5.32 Å². The number of rotatable bonds is 3. The first-order chi connectivity index (χ1) is 9.11. The van der Waals surface area contributed by atoms with Crippen molar-refractivity contribution in [2.75, 3.05) is 12.4 Å². The Balaban J connectivity index is 2.28. The van der Waals surface area contributed by atoms with E-state index in [1.807, 2.05) is 19.1 Å². The highest BCUT2D eigenvalue weighted by Gasteiger charge is 2.13. The van der Waals surface area contributed by atoms with E-state index in [-0.39, 0.29) is 5.91 Å². The summed E-state index contributed by atoms with van der Waals surface area (Å²) in [7, 11) is 1.55. The monoisotopic (exact) mass is 275 g/mol. The molecule has 2 rings (SSSR count). The lowest BCUT2D eigenvalue weighted by atomic mass is 10.1. The van der Waals surface area contributed by atoms with Gasteiger partial charge in [-0.15, -0.1) is 0 Å². The van der Waals surface area contributed by atoms with Gasteiger partial charge < -0.3 is 10.1 Å². The number of carbonyl (C=O) groups is 1. The standard InChI is InChI=1S/C15H14ClNO2/c1-10-5-3-8-13(14(10)19-2)15(18)17-12-7-4-6-11(16)9-12/h3-9H,1-2H3,(H,17,18). The van der Waals surface area contributed by atoms with Crippen LogP contribution in [0.4, 0.5) is 5.69 Å². The molecule has 4 heteroatoms. The van der Waals surface area contributed by atoms with Crippen molar-refractivity contribution in [1.82, 2.24) is 0 Å². The molecule has 0 fully saturated rings. The van der Waals surface area contributed by atoms with Crippen LogP contribution in [0.15, 0.2) is 42.5 Å². The maximum absolute atomic E-state index is 12.2. The molecule has 1 N–H and O–H groups in total. The number of benzene rings is 2. The molecule has 1 amide bonds. The lowest BCUT2D eigenvalue weighted by molar-refractivity contribution is 0.102. The van der Waals surface area contributed by atoms with E-state index < -0.39 is 0 Å². The summed E-state index contributed by atoms with van der Waals surface area (Å²) in [5.74, 6) is 0.366. The highest BCUT2D eigenvalue weighted by molar-refractivity contribution is 6.31. The van der Waals surface area contributed by atoms with Gasteiger partial charge in [-0.25, -0.2) is 0 Å². The molecule has 0 saturated heterocycles. The Morgan fingerprint density at radius 1 is 1.21 bits per heavy atom. The summed E-state index contributed by atoms with van der Waals surface area (Å²) in [5.41, 5.74) is 2.07. The number of halogens is 1. The minimum absolute atomic E-state index is 0.220. The van der Waals surface area contributed by atoms with Crippen LogP contribution >= 0.6 is 11.6 Å². The number of hydrogen-bond donors (Lipinski definition) is 1. The molecular weight excluding hydrogens is 262 g/mol. The summed E-state index contributed by atoms with van der Waals surface area (Å²) >= 11 is 5.88. The van der Waals surface area contributed by atoms with Gasteiger partial charge in [0.2, 0.25) is 0 Å². The van der Waals surface area contributed by atoms with Crippen LogP contribution < -0.4 is 10.1 Å². The first-order valence-electron chi connectivity index (χ1n) is 5.82. The Hall–Kier alpha value is -2.00. The maximum atomic E-state index is 12.2. The van der Waals surface area contributed by atoms with E-state index in [1.165, 1.54) is 0 Å². The van der Waals surface area contributed by atoms with Crippen LogP contribution in [0.5, 0.6) is 5.75 Å². The number of amides is 1. The van der Waals surface area contributed by atoms with E-state index in [4.69, 9.17) is 16.3 Å². The van der Waals surface area contributed by atoms with Gasteiger partial charge in [0.05, 0.1) is 12.7 Å². The van der Waals surface area contributed by atoms with E-state index in [1.54, 1.807) is 37.4 Å². The highest BCUT2D eigenvalue weighted by Crippen LogP contribution is 2.24. The minimum Gasteiger partial charge on any atom is -0.496 e. The number of methoxy groups -OCH3 is 1. The topological polar surface area (TPSA) is 38.3 Å². The van der Waals surface area contributed by atoms with Crippen LogP contribution in [0.25, 0.3) is 0 Å². The molecule has 2 aromatic carbocycles. The molecule has 0 unspecified atom stereocenters. The smallest absolute Gasteiger partial charge is 0.259 e. The maximum Gasteiger partial charge on any atom is 0.259 e.